The highest BCUT2D eigenvalue weighted by molar-refractivity contribution is 5.98. The van der Waals surface area contributed by atoms with Crippen molar-refractivity contribution in [2.45, 2.75) is 20.3 Å². The van der Waals surface area contributed by atoms with Gasteiger partial charge in [0, 0.05) is 23.6 Å². The minimum atomic E-state index is -0.0845. The van der Waals surface area contributed by atoms with E-state index < -0.39 is 0 Å². The molecule has 2 aromatic heterocycles. The Morgan fingerprint density at radius 1 is 1.15 bits per heavy atom. The number of carbonyl (C=O) groups excluding carboxylic acids is 1. The van der Waals surface area contributed by atoms with Crippen LogP contribution in [0.2, 0.25) is 0 Å². The molecule has 136 valence electrons. The number of benzene rings is 2. The second-order valence-corrected chi connectivity index (χ2v) is 6.86. The number of hydrogen-bond acceptors (Lipinski definition) is 2. The van der Waals surface area contributed by atoms with Gasteiger partial charge in [-0.1, -0.05) is 24.3 Å². The molecule has 2 aromatic carbocycles. The van der Waals surface area contributed by atoms with Gasteiger partial charge in [0.05, 0.1) is 11.9 Å². The number of aromatic amines is 1. The van der Waals surface area contributed by atoms with E-state index in [1.54, 1.807) is 0 Å². The van der Waals surface area contributed by atoms with Crippen LogP contribution in [0.4, 0.5) is 0 Å². The van der Waals surface area contributed by atoms with Crippen molar-refractivity contribution in [2.75, 3.05) is 6.54 Å². The summed E-state index contributed by atoms with van der Waals surface area (Å²) in [5, 5.41) is 8.46. The Morgan fingerprint density at radius 2 is 1.96 bits per heavy atom. The Morgan fingerprint density at radius 3 is 2.78 bits per heavy atom. The molecule has 0 bridgehead atoms. The van der Waals surface area contributed by atoms with Crippen LogP contribution in [0.25, 0.3) is 16.6 Å². The van der Waals surface area contributed by atoms with Crippen molar-refractivity contribution in [2.24, 2.45) is 0 Å². The summed E-state index contributed by atoms with van der Waals surface area (Å²) in [6, 6.07) is 16.1. The standard InChI is InChI=1S/C22H22N4O/c1-15-10-16(2)19-12-21(25-20(19)11-15)22(27)23-9-8-17-13-24-26(14-17)18-6-4-3-5-7-18/h3-7,10-14,25H,8-9H2,1-2H3,(H,23,27). The van der Waals surface area contributed by atoms with Crippen LogP contribution in [0.1, 0.15) is 27.2 Å². The Labute approximate surface area is 158 Å². The van der Waals surface area contributed by atoms with Crippen LogP contribution in [-0.2, 0) is 6.42 Å². The lowest BCUT2D eigenvalue weighted by Gasteiger charge is -2.02. The predicted octanol–water partition coefficient (Wildman–Crippen LogP) is 3.94. The number of nitrogens with zero attached hydrogens (tertiary/aromatic N) is 2. The highest BCUT2D eigenvalue weighted by Crippen LogP contribution is 2.21. The lowest BCUT2D eigenvalue weighted by molar-refractivity contribution is 0.0950. The van der Waals surface area contributed by atoms with Crippen molar-refractivity contribution in [3.63, 3.8) is 0 Å². The maximum absolute atomic E-state index is 12.5. The molecule has 0 saturated heterocycles. The summed E-state index contributed by atoms with van der Waals surface area (Å²) in [5.41, 5.74) is 6.07. The Kier molecular flexibility index (Phi) is 4.50. The molecule has 5 heteroatoms. The molecule has 0 fully saturated rings. The summed E-state index contributed by atoms with van der Waals surface area (Å²) in [6.45, 7) is 4.69. The van der Waals surface area contributed by atoms with Crippen LogP contribution in [0.5, 0.6) is 0 Å². The highest BCUT2D eigenvalue weighted by atomic mass is 16.1. The van der Waals surface area contributed by atoms with Crippen molar-refractivity contribution < 1.29 is 4.79 Å². The fraction of sp³-hybridized carbons (Fsp3) is 0.182. The third-order valence-electron chi connectivity index (χ3n) is 4.69. The smallest absolute Gasteiger partial charge is 0.267 e. The summed E-state index contributed by atoms with van der Waals surface area (Å²) in [5.74, 6) is -0.0845. The molecule has 1 amide bonds. The molecule has 4 rings (SSSR count). The number of para-hydroxylation sites is 1. The monoisotopic (exact) mass is 358 g/mol. The predicted molar refractivity (Wildman–Crippen MR) is 107 cm³/mol. The average Bonchev–Trinajstić information content (AvgIpc) is 3.29. The van der Waals surface area contributed by atoms with E-state index in [4.69, 9.17) is 0 Å². The van der Waals surface area contributed by atoms with Crippen molar-refractivity contribution in [1.82, 2.24) is 20.1 Å². The molecular formula is C22H22N4O. The summed E-state index contributed by atoms with van der Waals surface area (Å²) in [7, 11) is 0. The highest BCUT2D eigenvalue weighted by Gasteiger charge is 2.11. The number of H-pyrrole nitrogens is 1. The molecule has 0 aliphatic heterocycles. The summed E-state index contributed by atoms with van der Waals surface area (Å²) >= 11 is 0. The van der Waals surface area contributed by atoms with Crippen molar-refractivity contribution >= 4 is 16.8 Å². The Bertz CT molecular complexity index is 1090. The maximum atomic E-state index is 12.5. The number of hydrogen-bond donors (Lipinski definition) is 2. The van der Waals surface area contributed by atoms with Gasteiger partial charge < -0.3 is 10.3 Å². The van der Waals surface area contributed by atoms with Crippen molar-refractivity contribution in [3.8, 4) is 5.69 Å². The molecule has 0 spiro atoms. The first kappa shape index (κ1) is 17.1. The molecule has 0 saturated carbocycles. The van der Waals surface area contributed by atoms with Gasteiger partial charge in [0.25, 0.3) is 5.91 Å². The fourth-order valence-electron chi connectivity index (χ4n) is 3.35. The van der Waals surface area contributed by atoms with E-state index in [1.165, 1.54) is 11.1 Å². The minimum absolute atomic E-state index is 0.0845. The summed E-state index contributed by atoms with van der Waals surface area (Å²) < 4.78 is 1.85. The third-order valence-corrected chi connectivity index (χ3v) is 4.69. The molecule has 0 atom stereocenters. The van der Waals surface area contributed by atoms with Crippen LogP contribution in [-0.4, -0.2) is 27.2 Å². The van der Waals surface area contributed by atoms with E-state index in [1.807, 2.05) is 53.5 Å². The first-order chi connectivity index (χ1) is 13.1. The number of nitrogens with one attached hydrogen (secondary N) is 2. The number of aryl methyl sites for hydroxylation is 2. The molecular weight excluding hydrogens is 336 g/mol. The quantitative estimate of drug-likeness (QED) is 0.567. The van der Waals surface area contributed by atoms with Crippen LogP contribution < -0.4 is 5.32 Å². The van der Waals surface area contributed by atoms with Gasteiger partial charge >= 0.3 is 0 Å². The number of fused-ring (bicyclic) bond motifs is 1. The van der Waals surface area contributed by atoms with E-state index in [9.17, 15) is 4.79 Å². The fourth-order valence-corrected chi connectivity index (χ4v) is 3.35. The van der Waals surface area contributed by atoms with Crippen LogP contribution in [0, 0.1) is 13.8 Å². The molecule has 0 radical (unpaired) electrons. The Balaban J connectivity index is 1.39. The maximum Gasteiger partial charge on any atom is 0.267 e. The zero-order valence-electron chi connectivity index (χ0n) is 15.5. The second kappa shape index (κ2) is 7.11. The van der Waals surface area contributed by atoms with Gasteiger partial charge in [-0.15, -0.1) is 0 Å². The summed E-state index contributed by atoms with van der Waals surface area (Å²) in [6.07, 6.45) is 4.57. The normalized spacial score (nSPS) is 11.0. The van der Waals surface area contributed by atoms with E-state index >= 15 is 0 Å². The molecule has 2 N–H and O–H groups in total. The largest absolute Gasteiger partial charge is 0.351 e. The van der Waals surface area contributed by atoms with Gasteiger partial charge in [0.1, 0.15) is 5.69 Å². The van der Waals surface area contributed by atoms with E-state index in [0.29, 0.717) is 12.2 Å². The third kappa shape index (κ3) is 3.62. The average molecular weight is 358 g/mol. The van der Waals surface area contributed by atoms with E-state index in [2.05, 4.69) is 41.4 Å². The van der Waals surface area contributed by atoms with Crippen LogP contribution in [0.15, 0.2) is 60.9 Å². The van der Waals surface area contributed by atoms with E-state index in [-0.39, 0.29) is 5.91 Å². The Hall–Kier alpha value is -3.34. The van der Waals surface area contributed by atoms with Crippen LogP contribution >= 0.6 is 0 Å². The summed E-state index contributed by atoms with van der Waals surface area (Å²) in [4.78, 5) is 15.7. The zero-order chi connectivity index (χ0) is 18.8. The van der Waals surface area contributed by atoms with Gasteiger partial charge in [0.2, 0.25) is 0 Å². The first-order valence-corrected chi connectivity index (χ1v) is 9.07. The molecule has 0 aliphatic rings. The second-order valence-electron chi connectivity index (χ2n) is 6.86. The van der Waals surface area contributed by atoms with Crippen molar-refractivity contribution in [3.05, 3.63) is 83.3 Å². The molecule has 0 aliphatic carbocycles. The van der Waals surface area contributed by atoms with Gasteiger partial charge in [-0.2, -0.15) is 5.10 Å². The van der Waals surface area contributed by atoms with Gasteiger partial charge in [-0.25, -0.2) is 4.68 Å². The molecule has 0 unspecified atom stereocenters. The van der Waals surface area contributed by atoms with Gasteiger partial charge in [0.15, 0.2) is 0 Å². The van der Waals surface area contributed by atoms with E-state index in [0.717, 1.165) is 28.6 Å². The number of carbonyl (C=O) groups is 1. The number of rotatable bonds is 5. The molecule has 5 nitrogen and oxygen atoms in total. The topological polar surface area (TPSA) is 62.7 Å². The van der Waals surface area contributed by atoms with Crippen molar-refractivity contribution in [1.29, 1.82) is 0 Å². The SMILES string of the molecule is Cc1cc(C)c2cc(C(=O)NCCc3cnn(-c4ccccc4)c3)[nH]c2c1. The molecule has 2 heterocycles. The molecule has 27 heavy (non-hydrogen) atoms. The van der Waals surface area contributed by atoms with Gasteiger partial charge in [-0.05, 0) is 61.2 Å². The van der Waals surface area contributed by atoms with Gasteiger partial charge in [-0.3, -0.25) is 4.79 Å². The minimum Gasteiger partial charge on any atom is -0.351 e. The molecule has 4 aromatic rings. The van der Waals surface area contributed by atoms with Crippen LogP contribution in [0.3, 0.4) is 0 Å². The number of aromatic nitrogens is 3. The lowest BCUT2D eigenvalue weighted by atomic mass is 10.1. The first-order valence-electron chi connectivity index (χ1n) is 9.07. The number of amides is 1. The zero-order valence-corrected chi connectivity index (χ0v) is 15.5. The lowest BCUT2D eigenvalue weighted by Crippen LogP contribution is -2.25.